The molecule has 1 aliphatic heterocycles. The second kappa shape index (κ2) is 8.78. The molecule has 0 N–H and O–H groups in total. The Hall–Kier alpha value is -4.14. The molecule has 1 saturated heterocycles. The van der Waals surface area contributed by atoms with Crippen LogP contribution in [0.5, 0.6) is 5.75 Å². The SMILES string of the molecule is COc1ccccc1N1CCN(C(=O)Cn2ncn3nc(-c4ccccc4)cc3c2=O)CC1. The number of nitrogens with zero attached hydrogens (tertiary/aromatic N) is 6. The van der Waals surface area contributed by atoms with E-state index in [1.807, 2.05) is 54.6 Å². The number of aromatic nitrogens is 4. The van der Waals surface area contributed by atoms with Gasteiger partial charge in [0.25, 0.3) is 5.56 Å². The molecule has 1 fully saturated rings. The fourth-order valence-corrected chi connectivity index (χ4v) is 4.12. The molecule has 2 aromatic carbocycles. The molecule has 0 bridgehead atoms. The zero-order valence-electron chi connectivity index (χ0n) is 18.3. The van der Waals surface area contributed by atoms with Gasteiger partial charge in [-0.2, -0.15) is 10.2 Å². The zero-order chi connectivity index (χ0) is 22.8. The Morgan fingerprint density at radius 3 is 2.48 bits per heavy atom. The molecule has 168 valence electrons. The van der Waals surface area contributed by atoms with Crippen LogP contribution in [0.3, 0.4) is 0 Å². The Balaban J connectivity index is 1.29. The minimum Gasteiger partial charge on any atom is -0.495 e. The molecule has 0 spiro atoms. The van der Waals surface area contributed by atoms with Crippen molar-refractivity contribution < 1.29 is 9.53 Å². The van der Waals surface area contributed by atoms with Crippen molar-refractivity contribution in [1.82, 2.24) is 24.3 Å². The molecule has 0 unspecified atom stereocenters. The van der Waals surface area contributed by atoms with Crippen LogP contribution < -0.4 is 15.2 Å². The van der Waals surface area contributed by atoms with E-state index in [0.717, 1.165) is 17.0 Å². The van der Waals surface area contributed by atoms with Crippen LogP contribution in [0, 0.1) is 0 Å². The summed E-state index contributed by atoms with van der Waals surface area (Å²) in [6.07, 6.45) is 1.47. The summed E-state index contributed by atoms with van der Waals surface area (Å²) in [7, 11) is 1.66. The van der Waals surface area contributed by atoms with Gasteiger partial charge in [0.2, 0.25) is 5.91 Å². The summed E-state index contributed by atoms with van der Waals surface area (Å²) in [4.78, 5) is 29.8. The number of para-hydroxylation sites is 2. The molecule has 2 aromatic heterocycles. The topological polar surface area (TPSA) is 85.0 Å². The number of fused-ring (bicyclic) bond motifs is 1. The van der Waals surface area contributed by atoms with Gasteiger partial charge in [0.15, 0.2) is 0 Å². The molecular formula is C24H24N6O3. The number of piperazine rings is 1. The zero-order valence-corrected chi connectivity index (χ0v) is 18.3. The van der Waals surface area contributed by atoms with Crippen molar-refractivity contribution >= 4 is 17.1 Å². The third kappa shape index (κ3) is 4.05. The highest BCUT2D eigenvalue weighted by Gasteiger charge is 2.24. The Kier molecular flexibility index (Phi) is 5.52. The van der Waals surface area contributed by atoms with Crippen LogP contribution in [0.15, 0.2) is 71.8 Å². The van der Waals surface area contributed by atoms with Crippen molar-refractivity contribution in [3.8, 4) is 17.0 Å². The molecule has 0 atom stereocenters. The standard InChI is InChI=1S/C24H24N6O3/c1-33-22-10-6-5-9-20(22)27-11-13-28(14-12-27)23(31)16-29-24(32)21-15-19(26-30(21)17-25-29)18-7-3-2-4-8-18/h2-10,15,17H,11-14,16H2,1H3. The van der Waals surface area contributed by atoms with Gasteiger partial charge in [0.05, 0.1) is 18.5 Å². The van der Waals surface area contributed by atoms with Gasteiger partial charge in [-0.15, -0.1) is 0 Å². The normalized spacial score (nSPS) is 14.0. The number of carbonyl (C=O) groups is 1. The van der Waals surface area contributed by atoms with Gasteiger partial charge in [-0.05, 0) is 18.2 Å². The van der Waals surface area contributed by atoms with Gasteiger partial charge in [0, 0.05) is 31.7 Å². The first-order chi connectivity index (χ1) is 16.1. The lowest BCUT2D eigenvalue weighted by Gasteiger charge is -2.36. The summed E-state index contributed by atoms with van der Waals surface area (Å²) in [6.45, 7) is 2.42. The lowest BCUT2D eigenvalue weighted by atomic mass is 10.1. The maximum absolute atomic E-state index is 12.9. The van der Waals surface area contributed by atoms with Crippen molar-refractivity contribution in [3.63, 3.8) is 0 Å². The molecule has 1 amide bonds. The van der Waals surface area contributed by atoms with Crippen LogP contribution in [0.2, 0.25) is 0 Å². The number of ether oxygens (including phenoxy) is 1. The van der Waals surface area contributed by atoms with Crippen LogP contribution in [0.4, 0.5) is 5.69 Å². The Morgan fingerprint density at radius 2 is 1.73 bits per heavy atom. The molecule has 9 heteroatoms. The molecule has 0 saturated carbocycles. The van der Waals surface area contributed by atoms with E-state index in [9.17, 15) is 9.59 Å². The van der Waals surface area contributed by atoms with Crippen molar-refractivity contribution in [3.05, 3.63) is 77.3 Å². The van der Waals surface area contributed by atoms with Crippen LogP contribution in [0.1, 0.15) is 0 Å². The Bertz CT molecular complexity index is 1340. The fraction of sp³-hybridized carbons (Fsp3) is 0.250. The highest BCUT2D eigenvalue weighted by molar-refractivity contribution is 5.76. The lowest BCUT2D eigenvalue weighted by Crippen LogP contribution is -2.50. The summed E-state index contributed by atoms with van der Waals surface area (Å²) in [6, 6.07) is 19.2. The molecule has 4 aromatic rings. The number of methoxy groups -OCH3 is 1. The van der Waals surface area contributed by atoms with Gasteiger partial charge < -0.3 is 14.5 Å². The lowest BCUT2D eigenvalue weighted by molar-refractivity contribution is -0.132. The second-order valence-electron chi connectivity index (χ2n) is 7.86. The van der Waals surface area contributed by atoms with Gasteiger partial charge in [0.1, 0.15) is 24.1 Å². The van der Waals surface area contributed by atoms with E-state index >= 15 is 0 Å². The molecular weight excluding hydrogens is 420 g/mol. The van der Waals surface area contributed by atoms with Crippen molar-refractivity contribution in [2.45, 2.75) is 6.54 Å². The number of hydrogen-bond acceptors (Lipinski definition) is 6. The quantitative estimate of drug-likeness (QED) is 0.468. The maximum Gasteiger partial charge on any atom is 0.293 e. The van der Waals surface area contributed by atoms with Crippen molar-refractivity contribution in [2.24, 2.45) is 0 Å². The van der Waals surface area contributed by atoms with Gasteiger partial charge in [-0.1, -0.05) is 42.5 Å². The molecule has 33 heavy (non-hydrogen) atoms. The van der Waals surface area contributed by atoms with E-state index in [1.165, 1.54) is 15.5 Å². The van der Waals surface area contributed by atoms with E-state index in [0.29, 0.717) is 37.4 Å². The molecule has 1 aliphatic rings. The van der Waals surface area contributed by atoms with Crippen LogP contribution in [-0.2, 0) is 11.3 Å². The Labute approximate surface area is 190 Å². The van der Waals surface area contributed by atoms with Gasteiger partial charge in [-0.3, -0.25) is 9.59 Å². The first-order valence-electron chi connectivity index (χ1n) is 10.8. The average Bonchev–Trinajstić information content (AvgIpc) is 3.32. The van der Waals surface area contributed by atoms with E-state index in [2.05, 4.69) is 15.1 Å². The molecule has 9 nitrogen and oxygen atoms in total. The number of benzene rings is 2. The van der Waals surface area contributed by atoms with E-state index in [-0.39, 0.29) is 18.0 Å². The van der Waals surface area contributed by atoms with Crippen LogP contribution >= 0.6 is 0 Å². The fourth-order valence-electron chi connectivity index (χ4n) is 4.12. The third-order valence-electron chi connectivity index (χ3n) is 5.90. The van der Waals surface area contributed by atoms with Gasteiger partial charge >= 0.3 is 0 Å². The molecule has 5 rings (SSSR count). The summed E-state index contributed by atoms with van der Waals surface area (Å²) in [5.74, 6) is 0.688. The predicted octanol–water partition coefficient (Wildman–Crippen LogP) is 1.92. The molecule has 0 aliphatic carbocycles. The monoisotopic (exact) mass is 444 g/mol. The highest BCUT2D eigenvalue weighted by atomic mass is 16.5. The van der Waals surface area contributed by atoms with E-state index in [4.69, 9.17) is 4.74 Å². The number of rotatable bonds is 5. The number of amides is 1. The van der Waals surface area contributed by atoms with E-state index in [1.54, 1.807) is 18.1 Å². The first-order valence-corrected chi connectivity index (χ1v) is 10.8. The first kappa shape index (κ1) is 20.7. The summed E-state index contributed by atoms with van der Waals surface area (Å²) in [5.41, 5.74) is 2.67. The summed E-state index contributed by atoms with van der Waals surface area (Å²) in [5, 5.41) is 8.60. The van der Waals surface area contributed by atoms with E-state index < -0.39 is 0 Å². The average molecular weight is 444 g/mol. The van der Waals surface area contributed by atoms with Gasteiger partial charge in [-0.25, -0.2) is 9.20 Å². The Morgan fingerprint density at radius 1 is 1.00 bits per heavy atom. The minimum atomic E-state index is -0.340. The predicted molar refractivity (Wildman–Crippen MR) is 124 cm³/mol. The summed E-state index contributed by atoms with van der Waals surface area (Å²) < 4.78 is 8.12. The number of anilines is 1. The number of hydrogen-bond donors (Lipinski definition) is 0. The third-order valence-corrected chi connectivity index (χ3v) is 5.90. The van der Waals surface area contributed by atoms with Crippen molar-refractivity contribution in [2.75, 3.05) is 38.2 Å². The smallest absolute Gasteiger partial charge is 0.293 e. The highest BCUT2D eigenvalue weighted by Crippen LogP contribution is 2.28. The van der Waals surface area contributed by atoms with Crippen molar-refractivity contribution in [1.29, 1.82) is 0 Å². The maximum atomic E-state index is 12.9. The van der Waals surface area contributed by atoms with Crippen LogP contribution in [0.25, 0.3) is 16.8 Å². The number of carbonyl (C=O) groups excluding carboxylic acids is 1. The second-order valence-corrected chi connectivity index (χ2v) is 7.86. The minimum absolute atomic E-state index is 0.101. The molecule has 0 radical (unpaired) electrons. The van der Waals surface area contributed by atoms with Crippen LogP contribution in [-0.4, -0.2) is 63.5 Å². The molecule has 3 heterocycles. The summed E-state index contributed by atoms with van der Waals surface area (Å²) >= 11 is 0. The largest absolute Gasteiger partial charge is 0.495 e.